The number of sulfonamides is 1. The van der Waals surface area contributed by atoms with Gasteiger partial charge in [0.15, 0.2) is 0 Å². The zero-order valence-corrected chi connectivity index (χ0v) is 11.5. The van der Waals surface area contributed by atoms with E-state index in [9.17, 15) is 26.4 Å². The summed E-state index contributed by atoms with van der Waals surface area (Å²) < 4.78 is 64.7. The average molecular weight is 327 g/mol. The highest BCUT2D eigenvalue weighted by Gasteiger charge is 2.31. The summed E-state index contributed by atoms with van der Waals surface area (Å²) in [6, 6.07) is 2.93. The van der Waals surface area contributed by atoms with E-state index >= 15 is 0 Å². The third-order valence-electron chi connectivity index (χ3n) is 2.24. The van der Waals surface area contributed by atoms with Crippen LogP contribution >= 0.6 is 0 Å². The van der Waals surface area contributed by atoms with Crippen LogP contribution in [0.5, 0.6) is 5.75 Å². The van der Waals surface area contributed by atoms with Gasteiger partial charge in [-0.3, -0.25) is 4.79 Å². The minimum Gasteiger partial charge on any atom is -0.480 e. The maximum Gasteiger partial charge on any atom is 0.573 e. The molecule has 1 unspecified atom stereocenters. The maximum atomic E-state index is 11.9. The Bertz CT molecular complexity index is 597. The minimum atomic E-state index is -4.83. The number of ether oxygens (including phenoxy) is 1. The van der Waals surface area contributed by atoms with E-state index in [-0.39, 0.29) is 5.56 Å². The molecular formula is C11H12F3NO5S. The van der Waals surface area contributed by atoms with Crippen molar-refractivity contribution < 1.29 is 36.2 Å². The molecule has 0 radical (unpaired) electrons. The van der Waals surface area contributed by atoms with E-state index in [1.807, 2.05) is 4.72 Å². The van der Waals surface area contributed by atoms with Gasteiger partial charge >= 0.3 is 12.3 Å². The Hall–Kier alpha value is -1.81. The molecular weight excluding hydrogens is 315 g/mol. The van der Waals surface area contributed by atoms with Gasteiger partial charge < -0.3 is 9.84 Å². The van der Waals surface area contributed by atoms with Crippen molar-refractivity contribution in [2.75, 3.05) is 0 Å². The quantitative estimate of drug-likeness (QED) is 0.825. The molecule has 10 heteroatoms. The molecule has 0 amide bonds. The highest BCUT2D eigenvalue weighted by Crippen LogP contribution is 2.23. The second kappa shape index (κ2) is 6.31. The molecule has 0 spiro atoms. The van der Waals surface area contributed by atoms with Crippen molar-refractivity contribution in [3.8, 4) is 5.75 Å². The van der Waals surface area contributed by atoms with Gasteiger partial charge in [0.05, 0.1) is 5.75 Å². The molecule has 1 rings (SSSR count). The topological polar surface area (TPSA) is 92.7 Å². The number of hydrogen-bond acceptors (Lipinski definition) is 4. The number of alkyl halides is 3. The lowest BCUT2D eigenvalue weighted by atomic mass is 10.2. The largest absolute Gasteiger partial charge is 0.573 e. The summed E-state index contributed by atoms with van der Waals surface area (Å²) in [5, 5.41) is 8.61. The zero-order valence-electron chi connectivity index (χ0n) is 10.7. The third-order valence-corrected chi connectivity index (χ3v) is 3.67. The van der Waals surface area contributed by atoms with Crippen LogP contribution in [0.2, 0.25) is 0 Å². The molecule has 0 saturated carbocycles. The summed E-state index contributed by atoms with van der Waals surface area (Å²) in [5.74, 6) is -2.38. The maximum absolute atomic E-state index is 11.9. The highest BCUT2D eigenvalue weighted by atomic mass is 32.2. The van der Waals surface area contributed by atoms with Crippen molar-refractivity contribution in [2.24, 2.45) is 0 Å². The van der Waals surface area contributed by atoms with Crippen LogP contribution in [0.3, 0.4) is 0 Å². The number of carbonyl (C=O) groups is 1. The average Bonchev–Trinajstić information content (AvgIpc) is 2.28. The van der Waals surface area contributed by atoms with Gasteiger partial charge in [-0.25, -0.2) is 13.1 Å². The third kappa shape index (κ3) is 6.45. The molecule has 0 bridgehead atoms. The van der Waals surface area contributed by atoms with Crippen LogP contribution in [0.25, 0.3) is 0 Å². The number of aliphatic carboxylic acids is 1. The predicted octanol–water partition coefficient (Wildman–Crippen LogP) is 1.48. The second-order valence-electron chi connectivity index (χ2n) is 4.13. The first-order valence-corrected chi connectivity index (χ1v) is 7.21. The molecule has 1 aromatic rings. The molecule has 0 aromatic heterocycles. The summed E-state index contributed by atoms with van der Waals surface area (Å²) in [4.78, 5) is 10.6. The van der Waals surface area contributed by atoms with E-state index in [2.05, 4.69) is 4.74 Å². The minimum absolute atomic E-state index is 0.189. The Kier molecular flexibility index (Phi) is 5.18. The standard InChI is InChI=1S/C11H12F3NO5S/c1-7(10(16)17)15-21(18,19)6-8-2-4-9(5-3-8)20-11(12,13)14/h2-5,7,15H,6H2,1H3,(H,16,17). The number of carboxylic acid groups (broad SMARTS) is 1. The molecule has 1 aromatic carbocycles. The van der Waals surface area contributed by atoms with E-state index in [1.165, 1.54) is 0 Å². The molecule has 0 heterocycles. The summed E-state index contributed by atoms with van der Waals surface area (Å²) in [6.07, 6.45) is -4.83. The first kappa shape index (κ1) is 17.2. The summed E-state index contributed by atoms with van der Waals surface area (Å²) in [7, 11) is -3.92. The molecule has 0 fully saturated rings. The van der Waals surface area contributed by atoms with Crippen LogP contribution in [-0.2, 0) is 20.6 Å². The molecule has 0 aliphatic heterocycles. The molecule has 6 nitrogen and oxygen atoms in total. The Morgan fingerprint density at radius 2 is 1.86 bits per heavy atom. The molecule has 0 aliphatic rings. The zero-order chi connectivity index (χ0) is 16.3. The SMILES string of the molecule is CC(NS(=O)(=O)Cc1ccc(OC(F)(F)F)cc1)C(=O)O. The number of hydrogen-bond donors (Lipinski definition) is 2. The van der Waals surface area contributed by atoms with Crippen molar-refractivity contribution >= 4 is 16.0 Å². The normalized spacial score (nSPS) is 13.7. The molecule has 2 N–H and O–H groups in total. The second-order valence-corrected chi connectivity index (χ2v) is 5.88. The molecule has 0 aliphatic carbocycles. The van der Waals surface area contributed by atoms with Gasteiger partial charge in [-0.05, 0) is 24.6 Å². The number of nitrogens with one attached hydrogen (secondary N) is 1. The fourth-order valence-electron chi connectivity index (χ4n) is 1.37. The Balaban J connectivity index is 2.73. The van der Waals surface area contributed by atoms with Gasteiger partial charge in [0.2, 0.25) is 10.0 Å². The molecule has 21 heavy (non-hydrogen) atoms. The first-order chi connectivity index (χ1) is 9.48. The molecule has 118 valence electrons. The Labute approximate surface area is 118 Å². The van der Waals surface area contributed by atoms with Crippen molar-refractivity contribution in [1.29, 1.82) is 0 Å². The van der Waals surface area contributed by atoms with Gasteiger partial charge in [-0.2, -0.15) is 0 Å². The predicted molar refractivity (Wildman–Crippen MR) is 66.0 cm³/mol. The fraction of sp³-hybridized carbons (Fsp3) is 0.364. The Morgan fingerprint density at radius 3 is 2.29 bits per heavy atom. The van der Waals surface area contributed by atoms with Crippen molar-refractivity contribution in [1.82, 2.24) is 4.72 Å². The van der Waals surface area contributed by atoms with Gasteiger partial charge in [-0.15, -0.1) is 13.2 Å². The summed E-state index contributed by atoms with van der Waals surface area (Å²) in [5.41, 5.74) is 0.189. The number of halogens is 3. The van der Waals surface area contributed by atoms with E-state index in [4.69, 9.17) is 5.11 Å². The van der Waals surface area contributed by atoms with E-state index in [0.717, 1.165) is 31.2 Å². The van der Waals surface area contributed by atoms with Crippen molar-refractivity contribution in [2.45, 2.75) is 25.1 Å². The van der Waals surface area contributed by atoms with Gasteiger partial charge in [0.1, 0.15) is 11.8 Å². The highest BCUT2D eigenvalue weighted by molar-refractivity contribution is 7.88. The molecule has 1 atom stereocenters. The van der Waals surface area contributed by atoms with Gasteiger partial charge in [-0.1, -0.05) is 12.1 Å². The first-order valence-electron chi connectivity index (χ1n) is 5.56. The number of rotatable bonds is 6. The lowest BCUT2D eigenvalue weighted by molar-refractivity contribution is -0.274. The van der Waals surface area contributed by atoms with E-state index < -0.39 is 39.9 Å². The van der Waals surface area contributed by atoms with Crippen molar-refractivity contribution in [3.63, 3.8) is 0 Å². The Morgan fingerprint density at radius 1 is 1.33 bits per heavy atom. The summed E-state index contributed by atoms with van der Waals surface area (Å²) in [6.45, 7) is 1.15. The lowest BCUT2D eigenvalue weighted by Gasteiger charge is -2.11. The van der Waals surface area contributed by atoms with Crippen LogP contribution in [0.4, 0.5) is 13.2 Å². The van der Waals surface area contributed by atoms with Crippen molar-refractivity contribution in [3.05, 3.63) is 29.8 Å². The smallest absolute Gasteiger partial charge is 0.480 e. The van der Waals surface area contributed by atoms with E-state index in [1.54, 1.807) is 0 Å². The summed E-state index contributed by atoms with van der Waals surface area (Å²) >= 11 is 0. The van der Waals surface area contributed by atoms with Crippen LogP contribution in [0.1, 0.15) is 12.5 Å². The number of benzene rings is 1. The molecule has 0 saturated heterocycles. The van der Waals surface area contributed by atoms with Crippen LogP contribution in [0, 0.1) is 0 Å². The van der Waals surface area contributed by atoms with Gasteiger partial charge in [0, 0.05) is 0 Å². The van der Waals surface area contributed by atoms with Crippen LogP contribution in [-0.4, -0.2) is 31.9 Å². The van der Waals surface area contributed by atoms with Gasteiger partial charge in [0.25, 0.3) is 0 Å². The van der Waals surface area contributed by atoms with E-state index in [0.29, 0.717) is 0 Å². The fourth-order valence-corrected chi connectivity index (χ4v) is 2.72. The van der Waals surface area contributed by atoms with Crippen LogP contribution < -0.4 is 9.46 Å². The van der Waals surface area contributed by atoms with Crippen LogP contribution in [0.15, 0.2) is 24.3 Å². The lowest BCUT2D eigenvalue weighted by Crippen LogP contribution is -2.38. The monoisotopic (exact) mass is 327 g/mol. The number of carboxylic acids is 1.